The molecule has 0 aliphatic heterocycles. The van der Waals surface area contributed by atoms with Gasteiger partial charge in [-0.3, -0.25) is 4.79 Å². The topological polar surface area (TPSA) is 42.1 Å². The van der Waals surface area contributed by atoms with Gasteiger partial charge in [-0.1, -0.05) is 0 Å². The molecular formula is C6H6FNO2. The zero-order valence-corrected chi connectivity index (χ0v) is 5.35. The minimum atomic E-state index is -0.568. The van der Waals surface area contributed by atoms with Gasteiger partial charge in [0.15, 0.2) is 11.6 Å². The van der Waals surface area contributed by atoms with E-state index in [4.69, 9.17) is 0 Å². The summed E-state index contributed by atoms with van der Waals surface area (Å²) in [5.41, 5.74) is -0.377. The zero-order chi connectivity index (χ0) is 7.56. The first kappa shape index (κ1) is 6.80. The van der Waals surface area contributed by atoms with Crippen LogP contribution in [0.25, 0.3) is 0 Å². The van der Waals surface area contributed by atoms with Gasteiger partial charge in [-0.2, -0.15) is 0 Å². The lowest BCUT2D eigenvalue weighted by Gasteiger charge is -1.97. The molecule has 3 nitrogen and oxygen atoms in total. The second-order valence-corrected chi connectivity index (χ2v) is 1.71. The fraction of sp³-hybridized carbons (Fsp3) is 0.167. The Balaban J connectivity index is 3.22. The summed E-state index contributed by atoms with van der Waals surface area (Å²) in [5, 5.41) is 0. The summed E-state index contributed by atoms with van der Waals surface area (Å²) < 4.78 is 17.0. The molecule has 0 spiro atoms. The number of hydrogen-bond acceptors (Lipinski definition) is 2. The van der Waals surface area contributed by atoms with E-state index in [9.17, 15) is 9.18 Å². The van der Waals surface area contributed by atoms with Crippen LogP contribution in [0.15, 0.2) is 17.1 Å². The minimum Gasteiger partial charge on any atom is -0.493 e. The predicted molar refractivity (Wildman–Crippen MR) is 33.6 cm³/mol. The van der Waals surface area contributed by atoms with E-state index < -0.39 is 5.82 Å². The molecule has 10 heavy (non-hydrogen) atoms. The van der Waals surface area contributed by atoms with Gasteiger partial charge in [-0.15, -0.1) is 0 Å². The number of aromatic amines is 1. The molecule has 0 fully saturated rings. The maximum absolute atomic E-state index is 12.5. The standard InChI is InChI=1S/C6H6FNO2/c1-10-5-2-6(9)8-3-4(5)7/h2-3H,1H3,(H,8,9). The second-order valence-electron chi connectivity index (χ2n) is 1.71. The van der Waals surface area contributed by atoms with E-state index >= 15 is 0 Å². The fourth-order valence-corrected chi connectivity index (χ4v) is 0.592. The average molecular weight is 143 g/mol. The number of hydrogen-bond donors (Lipinski definition) is 1. The molecule has 0 aliphatic carbocycles. The highest BCUT2D eigenvalue weighted by molar-refractivity contribution is 5.19. The molecule has 54 valence electrons. The average Bonchev–Trinajstić information content (AvgIpc) is 1.94. The molecule has 1 aromatic heterocycles. The highest BCUT2D eigenvalue weighted by Gasteiger charge is 1.99. The summed E-state index contributed by atoms with van der Waals surface area (Å²) in [6.45, 7) is 0. The molecule has 1 rings (SSSR count). The molecule has 0 saturated heterocycles. The van der Waals surface area contributed by atoms with Crippen molar-refractivity contribution in [3.05, 3.63) is 28.4 Å². The summed E-state index contributed by atoms with van der Waals surface area (Å²) >= 11 is 0. The summed E-state index contributed by atoms with van der Waals surface area (Å²) in [7, 11) is 1.30. The summed E-state index contributed by atoms with van der Waals surface area (Å²) in [6.07, 6.45) is 0.959. The van der Waals surface area contributed by atoms with Crippen molar-refractivity contribution in [2.24, 2.45) is 0 Å². The van der Waals surface area contributed by atoms with Crippen molar-refractivity contribution in [1.29, 1.82) is 0 Å². The molecule has 1 heterocycles. The van der Waals surface area contributed by atoms with Crippen LogP contribution in [0, 0.1) is 5.82 Å². The number of ether oxygens (including phenoxy) is 1. The van der Waals surface area contributed by atoms with Crippen molar-refractivity contribution >= 4 is 0 Å². The Morgan fingerprint density at radius 2 is 2.40 bits per heavy atom. The van der Waals surface area contributed by atoms with Gasteiger partial charge in [0.25, 0.3) is 5.56 Å². The van der Waals surface area contributed by atoms with E-state index in [2.05, 4.69) is 9.72 Å². The third-order valence-corrected chi connectivity index (χ3v) is 1.06. The number of H-pyrrole nitrogens is 1. The van der Waals surface area contributed by atoms with Crippen molar-refractivity contribution in [1.82, 2.24) is 4.98 Å². The Bertz CT molecular complexity index is 281. The van der Waals surface area contributed by atoms with Crippen molar-refractivity contribution in [2.45, 2.75) is 0 Å². The van der Waals surface area contributed by atoms with Crippen molar-refractivity contribution in [3.63, 3.8) is 0 Å². The third-order valence-electron chi connectivity index (χ3n) is 1.06. The normalized spacial score (nSPS) is 9.40. The molecule has 0 atom stereocenters. The number of nitrogens with one attached hydrogen (secondary N) is 1. The van der Waals surface area contributed by atoms with Crippen LogP contribution < -0.4 is 10.3 Å². The highest BCUT2D eigenvalue weighted by atomic mass is 19.1. The predicted octanol–water partition coefficient (Wildman–Crippen LogP) is 0.523. The maximum atomic E-state index is 12.5. The number of rotatable bonds is 1. The smallest absolute Gasteiger partial charge is 0.251 e. The van der Waals surface area contributed by atoms with Gasteiger partial charge >= 0.3 is 0 Å². The van der Waals surface area contributed by atoms with Gasteiger partial charge in [0.2, 0.25) is 0 Å². The first-order chi connectivity index (χ1) is 4.74. The zero-order valence-electron chi connectivity index (χ0n) is 5.35. The molecule has 0 unspecified atom stereocenters. The van der Waals surface area contributed by atoms with Gasteiger partial charge in [0.05, 0.1) is 7.11 Å². The van der Waals surface area contributed by atoms with Crippen LogP contribution in [0.1, 0.15) is 0 Å². The molecule has 0 saturated carbocycles. The lowest BCUT2D eigenvalue weighted by Crippen LogP contribution is -2.04. The third kappa shape index (κ3) is 1.15. The summed E-state index contributed by atoms with van der Waals surface area (Å²) in [6, 6.07) is 1.05. The fourth-order valence-electron chi connectivity index (χ4n) is 0.592. The lowest BCUT2D eigenvalue weighted by atomic mass is 10.4. The van der Waals surface area contributed by atoms with Crippen LogP contribution in [0.5, 0.6) is 5.75 Å². The van der Waals surface area contributed by atoms with Gasteiger partial charge in [0, 0.05) is 12.3 Å². The highest BCUT2D eigenvalue weighted by Crippen LogP contribution is 2.09. The van der Waals surface area contributed by atoms with Crippen LogP contribution >= 0.6 is 0 Å². The first-order valence-corrected chi connectivity index (χ1v) is 2.66. The van der Waals surface area contributed by atoms with Crippen molar-refractivity contribution in [3.8, 4) is 5.75 Å². The van der Waals surface area contributed by atoms with Crippen LogP contribution in [0.4, 0.5) is 4.39 Å². The Morgan fingerprint density at radius 3 is 2.90 bits per heavy atom. The number of aromatic nitrogens is 1. The van der Waals surface area contributed by atoms with Crippen LogP contribution in [-0.4, -0.2) is 12.1 Å². The Morgan fingerprint density at radius 1 is 1.70 bits per heavy atom. The van der Waals surface area contributed by atoms with Gasteiger partial charge < -0.3 is 9.72 Å². The molecule has 0 amide bonds. The van der Waals surface area contributed by atoms with E-state index in [-0.39, 0.29) is 11.3 Å². The van der Waals surface area contributed by atoms with Crippen molar-refractivity contribution < 1.29 is 9.13 Å². The van der Waals surface area contributed by atoms with Crippen LogP contribution in [-0.2, 0) is 0 Å². The molecule has 4 heteroatoms. The van der Waals surface area contributed by atoms with E-state index in [1.54, 1.807) is 0 Å². The molecule has 0 radical (unpaired) electrons. The number of pyridine rings is 1. The SMILES string of the molecule is COc1cc(=O)[nH]cc1F. The van der Waals surface area contributed by atoms with E-state index in [1.165, 1.54) is 7.11 Å². The van der Waals surface area contributed by atoms with E-state index in [0.29, 0.717) is 0 Å². The molecule has 0 aliphatic rings. The first-order valence-electron chi connectivity index (χ1n) is 2.66. The Kier molecular flexibility index (Phi) is 1.71. The van der Waals surface area contributed by atoms with Crippen LogP contribution in [0.3, 0.4) is 0 Å². The van der Waals surface area contributed by atoms with Crippen LogP contribution in [0.2, 0.25) is 0 Å². The van der Waals surface area contributed by atoms with Gasteiger partial charge in [0.1, 0.15) is 0 Å². The molecule has 1 N–H and O–H groups in total. The van der Waals surface area contributed by atoms with Gasteiger partial charge in [-0.05, 0) is 0 Å². The maximum Gasteiger partial charge on any atom is 0.251 e. The minimum absolute atomic E-state index is 0.0382. The monoisotopic (exact) mass is 143 g/mol. The van der Waals surface area contributed by atoms with Gasteiger partial charge in [-0.25, -0.2) is 4.39 Å². The second kappa shape index (κ2) is 2.51. The molecule has 0 aromatic carbocycles. The summed E-state index contributed by atoms with van der Waals surface area (Å²) in [4.78, 5) is 12.7. The summed E-state index contributed by atoms with van der Waals surface area (Å²) in [5.74, 6) is -0.606. The number of methoxy groups -OCH3 is 1. The number of halogens is 1. The quantitative estimate of drug-likeness (QED) is 0.622. The van der Waals surface area contributed by atoms with E-state index in [0.717, 1.165) is 12.3 Å². The lowest BCUT2D eigenvalue weighted by molar-refractivity contribution is 0.384. The van der Waals surface area contributed by atoms with E-state index in [1.807, 2.05) is 0 Å². The van der Waals surface area contributed by atoms with Crippen molar-refractivity contribution in [2.75, 3.05) is 7.11 Å². The molecular weight excluding hydrogens is 137 g/mol. The molecule has 1 aromatic rings. The Hall–Kier alpha value is -1.32. The largest absolute Gasteiger partial charge is 0.493 e. The Labute approximate surface area is 56.5 Å². The molecule has 0 bridgehead atoms.